The van der Waals surface area contributed by atoms with Gasteiger partial charge in [-0.2, -0.15) is 0 Å². The number of amides is 1. The molecule has 0 radical (unpaired) electrons. The van der Waals surface area contributed by atoms with Crippen LogP contribution in [0.1, 0.15) is 50.7 Å². The SMILES string of the molecule is CC(C)c1cccc(C(C)C)c1NC(=O)COc1ccc2c(=O)c(Oc3ccccc3Br)coc2c1. The number of halogens is 1. The molecule has 0 unspecified atom stereocenters. The summed E-state index contributed by atoms with van der Waals surface area (Å²) in [6.45, 7) is 8.23. The molecule has 1 amide bonds. The Balaban J connectivity index is 1.49. The van der Waals surface area contributed by atoms with Crippen LogP contribution in [0.15, 0.2) is 80.6 Å². The van der Waals surface area contributed by atoms with Crippen molar-refractivity contribution < 1.29 is 18.7 Å². The molecule has 186 valence electrons. The number of para-hydroxylation sites is 2. The maximum absolute atomic E-state index is 12.9. The fraction of sp³-hybridized carbons (Fsp3) is 0.241. The lowest BCUT2D eigenvalue weighted by Gasteiger charge is -2.20. The van der Waals surface area contributed by atoms with Crippen molar-refractivity contribution in [1.29, 1.82) is 0 Å². The van der Waals surface area contributed by atoms with Crippen molar-refractivity contribution in [2.24, 2.45) is 0 Å². The predicted octanol–water partition coefficient (Wildman–Crippen LogP) is 7.61. The van der Waals surface area contributed by atoms with Gasteiger partial charge >= 0.3 is 0 Å². The Labute approximate surface area is 218 Å². The van der Waals surface area contributed by atoms with E-state index in [4.69, 9.17) is 13.9 Å². The molecule has 0 atom stereocenters. The van der Waals surface area contributed by atoms with Gasteiger partial charge in [-0.3, -0.25) is 9.59 Å². The molecule has 0 saturated carbocycles. The summed E-state index contributed by atoms with van der Waals surface area (Å²) in [5.74, 6) is 1.27. The second-order valence-electron chi connectivity index (χ2n) is 9.08. The van der Waals surface area contributed by atoms with E-state index >= 15 is 0 Å². The lowest BCUT2D eigenvalue weighted by Crippen LogP contribution is -2.22. The third-order valence-electron chi connectivity index (χ3n) is 5.78. The molecular weight excluding hydrogens is 522 g/mol. The second kappa shape index (κ2) is 11.0. The van der Waals surface area contributed by atoms with Gasteiger partial charge in [0.15, 0.2) is 6.61 Å². The summed E-state index contributed by atoms with van der Waals surface area (Å²) in [5, 5.41) is 3.39. The molecule has 3 aromatic carbocycles. The summed E-state index contributed by atoms with van der Waals surface area (Å²) < 4.78 is 17.8. The molecule has 0 saturated heterocycles. The van der Waals surface area contributed by atoms with E-state index in [0.717, 1.165) is 21.3 Å². The zero-order chi connectivity index (χ0) is 25.8. The number of ether oxygens (including phenoxy) is 2. The first-order chi connectivity index (χ1) is 17.2. The average Bonchev–Trinajstić information content (AvgIpc) is 2.85. The zero-order valence-electron chi connectivity index (χ0n) is 20.6. The van der Waals surface area contributed by atoms with Crippen LogP contribution in [0.2, 0.25) is 0 Å². The summed E-state index contributed by atoms with van der Waals surface area (Å²) in [4.78, 5) is 25.7. The molecule has 0 fully saturated rings. The molecular formula is C29H28BrNO5. The number of carbonyl (C=O) groups excluding carboxylic acids is 1. The maximum Gasteiger partial charge on any atom is 0.262 e. The van der Waals surface area contributed by atoms with E-state index in [-0.39, 0.29) is 35.5 Å². The maximum atomic E-state index is 12.9. The predicted molar refractivity (Wildman–Crippen MR) is 145 cm³/mol. The van der Waals surface area contributed by atoms with Crippen LogP contribution in [0.25, 0.3) is 11.0 Å². The number of rotatable bonds is 8. The van der Waals surface area contributed by atoms with Crippen LogP contribution in [-0.2, 0) is 4.79 Å². The average molecular weight is 550 g/mol. The van der Waals surface area contributed by atoms with E-state index in [1.165, 1.54) is 6.26 Å². The van der Waals surface area contributed by atoms with Crippen molar-refractivity contribution in [3.63, 3.8) is 0 Å². The van der Waals surface area contributed by atoms with Crippen molar-refractivity contribution in [1.82, 2.24) is 0 Å². The van der Waals surface area contributed by atoms with Crippen LogP contribution in [0, 0.1) is 0 Å². The first kappa shape index (κ1) is 25.5. The number of fused-ring (bicyclic) bond motifs is 1. The summed E-state index contributed by atoms with van der Waals surface area (Å²) in [5.41, 5.74) is 3.05. The van der Waals surface area contributed by atoms with Gasteiger partial charge in [-0.25, -0.2) is 0 Å². The molecule has 4 rings (SSSR count). The lowest BCUT2D eigenvalue weighted by molar-refractivity contribution is -0.118. The fourth-order valence-corrected chi connectivity index (χ4v) is 4.28. The normalized spacial score (nSPS) is 11.2. The van der Waals surface area contributed by atoms with Gasteiger partial charge in [-0.1, -0.05) is 58.0 Å². The number of carbonyl (C=O) groups is 1. The lowest BCUT2D eigenvalue weighted by atomic mass is 9.92. The van der Waals surface area contributed by atoms with Gasteiger partial charge in [0.1, 0.15) is 23.3 Å². The molecule has 0 spiro atoms. The number of anilines is 1. The molecule has 36 heavy (non-hydrogen) atoms. The molecule has 7 heteroatoms. The van der Waals surface area contributed by atoms with Crippen LogP contribution in [0.5, 0.6) is 17.2 Å². The highest BCUT2D eigenvalue weighted by atomic mass is 79.9. The van der Waals surface area contributed by atoms with Gasteiger partial charge in [0, 0.05) is 11.8 Å². The van der Waals surface area contributed by atoms with Gasteiger partial charge < -0.3 is 19.2 Å². The van der Waals surface area contributed by atoms with Crippen LogP contribution in [0.4, 0.5) is 5.69 Å². The summed E-state index contributed by atoms with van der Waals surface area (Å²) >= 11 is 3.40. The smallest absolute Gasteiger partial charge is 0.262 e. The van der Waals surface area contributed by atoms with Crippen molar-refractivity contribution in [3.05, 3.63) is 92.7 Å². The number of benzene rings is 3. The fourth-order valence-electron chi connectivity index (χ4n) is 3.92. The Bertz CT molecular complexity index is 1430. The molecule has 1 N–H and O–H groups in total. The number of hydrogen-bond acceptors (Lipinski definition) is 5. The summed E-state index contributed by atoms with van der Waals surface area (Å²) in [6, 6.07) is 18.2. The Morgan fingerprint density at radius 3 is 2.31 bits per heavy atom. The van der Waals surface area contributed by atoms with E-state index < -0.39 is 0 Å². The molecule has 1 heterocycles. The van der Waals surface area contributed by atoms with E-state index in [0.29, 0.717) is 22.5 Å². The Kier molecular flexibility index (Phi) is 7.79. The number of nitrogens with one attached hydrogen (secondary N) is 1. The first-order valence-corrected chi connectivity index (χ1v) is 12.6. The highest BCUT2D eigenvalue weighted by molar-refractivity contribution is 9.10. The van der Waals surface area contributed by atoms with Crippen LogP contribution >= 0.6 is 15.9 Å². The standard InChI is InChI=1S/C29H28BrNO5/c1-17(2)20-8-7-9-21(18(3)4)28(20)31-27(32)16-34-19-12-13-22-25(14-19)35-15-26(29(22)33)36-24-11-6-5-10-23(24)30/h5-15,17-18H,16H2,1-4H3,(H,31,32). The van der Waals surface area contributed by atoms with Crippen molar-refractivity contribution in [2.75, 3.05) is 11.9 Å². The van der Waals surface area contributed by atoms with Crippen molar-refractivity contribution in [2.45, 2.75) is 39.5 Å². The summed E-state index contributed by atoms with van der Waals surface area (Å²) in [6.07, 6.45) is 1.27. The van der Waals surface area contributed by atoms with Gasteiger partial charge in [0.05, 0.1) is 9.86 Å². The van der Waals surface area contributed by atoms with Crippen LogP contribution in [-0.4, -0.2) is 12.5 Å². The Hall–Kier alpha value is -3.58. The van der Waals surface area contributed by atoms with Crippen molar-refractivity contribution in [3.8, 4) is 17.2 Å². The Morgan fingerprint density at radius 2 is 1.64 bits per heavy atom. The molecule has 4 aromatic rings. The van der Waals surface area contributed by atoms with Gasteiger partial charge in [-0.05, 0) is 63.2 Å². The quantitative estimate of drug-likeness (QED) is 0.244. The minimum atomic E-state index is -0.303. The minimum Gasteiger partial charge on any atom is -0.484 e. The highest BCUT2D eigenvalue weighted by Crippen LogP contribution is 2.33. The largest absolute Gasteiger partial charge is 0.484 e. The van der Waals surface area contributed by atoms with Crippen LogP contribution in [0.3, 0.4) is 0 Å². The van der Waals surface area contributed by atoms with E-state index in [9.17, 15) is 9.59 Å². The number of hydrogen-bond donors (Lipinski definition) is 1. The van der Waals surface area contributed by atoms with Crippen LogP contribution < -0.4 is 20.2 Å². The van der Waals surface area contributed by atoms with Crippen molar-refractivity contribution >= 4 is 38.5 Å². The molecule has 0 aliphatic carbocycles. The molecule has 6 nitrogen and oxygen atoms in total. The topological polar surface area (TPSA) is 77.8 Å². The zero-order valence-corrected chi connectivity index (χ0v) is 22.2. The summed E-state index contributed by atoms with van der Waals surface area (Å²) in [7, 11) is 0. The second-order valence-corrected chi connectivity index (χ2v) is 9.93. The highest BCUT2D eigenvalue weighted by Gasteiger charge is 2.17. The van der Waals surface area contributed by atoms with E-state index in [1.54, 1.807) is 24.3 Å². The monoisotopic (exact) mass is 549 g/mol. The third-order valence-corrected chi connectivity index (χ3v) is 6.43. The van der Waals surface area contributed by atoms with E-state index in [2.05, 4.69) is 48.9 Å². The molecule has 0 bridgehead atoms. The van der Waals surface area contributed by atoms with Gasteiger partial charge in [-0.15, -0.1) is 0 Å². The minimum absolute atomic E-state index is 0.0761. The van der Waals surface area contributed by atoms with Gasteiger partial charge in [0.25, 0.3) is 5.91 Å². The Morgan fingerprint density at radius 1 is 0.944 bits per heavy atom. The van der Waals surface area contributed by atoms with Gasteiger partial charge in [0.2, 0.25) is 11.2 Å². The first-order valence-electron chi connectivity index (χ1n) is 11.8. The third kappa shape index (κ3) is 5.62. The molecule has 0 aliphatic heterocycles. The molecule has 0 aliphatic rings. The molecule has 1 aromatic heterocycles. The van der Waals surface area contributed by atoms with E-state index in [1.807, 2.05) is 36.4 Å².